The van der Waals surface area contributed by atoms with E-state index in [1.165, 1.54) is 28.4 Å². The van der Waals surface area contributed by atoms with Crippen LogP contribution in [0, 0.1) is 0 Å². The van der Waals surface area contributed by atoms with Gasteiger partial charge in [0, 0.05) is 19.2 Å². The van der Waals surface area contributed by atoms with E-state index in [0.29, 0.717) is 11.4 Å². The van der Waals surface area contributed by atoms with Gasteiger partial charge in [0.1, 0.15) is 6.54 Å². The van der Waals surface area contributed by atoms with Crippen molar-refractivity contribution in [3.8, 4) is 0 Å². The maximum absolute atomic E-state index is 12.3. The Morgan fingerprint density at radius 3 is 2.32 bits per heavy atom. The van der Waals surface area contributed by atoms with Gasteiger partial charge in [0.05, 0.1) is 8.66 Å². The second-order valence-corrected chi connectivity index (χ2v) is 7.72. The molecule has 0 aliphatic rings. The molecule has 134 valence electrons. The van der Waals surface area contributed by atoms with Gasteiger partial charge in [-0.25, -0.2) is 0 Å². The quantitative estimate of drug-likeness (QED) is 0.770. The van der Waals surface area contributed by atoms with Crippen molar-refractivity contribution in [3.63, 3.8) is 0 Å². The van der Waals surface area contributed by atoms with Crippen LogP contribution >= 0.6 is 27.3 Å². The third kappa shape index (κ3) is 5.86. The van der Waals surface area contributed by atoms with Gasteiger partial charge < -0.3 is 10.2 Å². The summed E-state index contributed by atoms with van der Waals surface area (Å²) in [5, 5.41) is 1.81. The first-order valence-corrected chi connectivity index (χ1v) is 8.71. The number of nitrogens with one attached hydrogen (secondary N) is 1. The summed E-state index contributed by atoms with van der Waals surface area (Å²) in [7, 11) is 1.65. The Labute approximate surface area is 154 Å². The van der Waals surface area contributed by atoms with E-state index >= 15 is 0 Å². The molecule has 1 N–H and O–H groups in total. The highest BCUT2D eigenvalue weighted by Gasteiger charge is 2.27. The lowest BCUT2D eigenvalue weighted by atomic mass is 10.1. The first-order valence-electron chi connectivity index (χ1n) is 7.10. The second-order valence-electron chi connectivity index (χ2n) is 5.26. The molecule has 2 rings (SSSR count). The van der Waals surface area contributed by atoms with E-state index in [1.807, 2.05) is 5.32 Å². The normalized spacial score (nSPS) is 11.2. The molecule has 2 aromatic rings. The Kier molecular flexibility index (Phi) is 6.23. The Hall–Kier alpha value is -1.87. The van der Waals surface area contributed by atoms with Crippen LogP contribution in [-0.2, 0) is 6.54 Å². The summed E-state index contributed by atoms with van der Waals surface area (Å²) in [6.45, 7) is -1.06. The maximum atomic E-state index is 12.3. The Balaban J connectivity index is 1.95. The third-order valence-electron chi connectivity index (χ3n) is 3.22. The number of halogens is 4. The van der Waals surface area contributed by atoms with E-state index in [9.17, 15) is 22.8 Å². The van der Waals surface area contributed by atoms with Crippen LogP contribution in [0.3, 0.4) is 0 Å². The number of carbonyl (C=O) groups excluding carboxylic acids is 2. The lowest BCUT2D eigenvalue weighted by Crippen LogP contribution is -2.33. The molecule has 0 atom stereocenters. The first-order chi connectivity index (χ1) is 11.7. The molecule has 0 aliphatic carbocycles. The second kappa shape index (κ2) is 8.01. The van der Waals surface area contributed by atoms with Crippen LogP contribution in [-0.4, -0.2) is 36.5 Å². The molecule has 1 heterocycles. The number of nitrogens with zero attached hydrogens (tertiary/aromatic N) is 1. The molecule has 4 nitrogen and oxygen atoms in total. The molecule has 1 aromatic carbocycles. The molecular formula is C16H14BrF3N2O2S. The first kappa shape index (κ1) is 19.5. The maximum Gasteiger partial charge on any atom is 0.405 e. The number of amides is 2. The van der Waals surface area contributed by atoms with Crippen LogP contribution in [0.25, 0.3) is 0 Å². The van der Waals surface area contributed by atoms with Gasteiger partial charge in [0.25, 0.3) is 11.8 Å². The van der Waals surface area contributed by atoms with Crippen molar-refractivity contribution in [1.29, 1.82) is 0 Å². The van der Waals surface area contributed by atoms with E-state index in [1.54, 1.807) is 31.3 Å². The molecule has 0 bridgehead atoms. The molecule has 0 spiro atoms. The van der Waals surface area contributed by atoms with Crippen LogP contribution in [0.2, 0.25) is 0 Å². The van der Waals surface area contributed by atoms with E-state index in [2.05, 4.69) is 15.9 Å². The SMILES string of the molecule is CN(Cc1ccc(C(=O)NCC(F)(F)F)cc1)C(=O)c1ccc(Br)s1. The minimum absolute atomic E-state index is 0.129. The molecule has 2 amide bonds. The topological polar surface area (TPSA) is 49.4 Å². The number of benzene rings is 1. The van der Waals surface area contributed by atoms with Crippen LogP contribution < -0.4 is 5.32 Å². The third-order valence-corrected chi connectivity index (χ3v) is 4.83. The molecule has 0 saturated carbocycles. The molecule has 25 heavy (non-hydrogen) atoms. The van der Waals surface area contributed by atoms with Crippen LogP contribution in [0.5, 0.6) is 0 Å². The lowest BCUT2D eigenvalue weighted by Gasteiger charge is -2.16. The van der Waals surface area contributed by atoms with Crippen LogP contribution in [0.15, 0.2) is 40.2 Å². The predicted octanol–water partition coefficient (Wildman–Crippen LogP) is 4.07. The predicted molar refractivity (Wildman–Crippen MR) is 92.6 cm³/mol. The molecular weight excluding hydrogens is 421 g/mol. The van der Waals surface area contributed by atoms with E-state index in [-0.39, 0.29) is 11.5 Å². The molecule has 0 fully saturated rings. The molecule has 1 aromatic heterocycles. The van der Waals surface area contributed by atoms with Crippen molar-refractivity contribution >= 4 is 39.1 Å². The summed E-state index contributed by atoms with van der Waals surface area (Å²) in [5.74, 6) is -0.931. The summed E-state index contributed by atoms with van der Waals surface area (Å²) < 4.78 is 37.2. The minimum atomic E-state index is -4.45. The zero-order chi connectivity index (χ0) is 18.6. The fourth-order valence-corrected chi connectivity index (χ4v) is 3.39. The van der Waals surface area contributed by atoms with Crippen molar-refractivity contribution in [2.75, 3.05) is 13.6 Å². The molecule has 9 heteroatoms. The van der Waals surface area contributed by atoms with Gasteiger partial charge in [-0.15, -0.1) is 11.3 Å². The van der Waals surface area contributed by atoms with Crippen molar-refractivity contribution < 1.29 is 22.8 Å². The number of hydrogen-bond acceptors (Lipinski definition) is 3. The largest absolute Gasteiger partial charge is 0.405 e. The van der Waals surface area contributed by atoms with Gasteiger partial charge in [-0.05, 0) is 45.8 Å². The zero-order valence-corrected chi connectivity index (χ0v) is 15.5. The van der Waals surface area contributed by atoms with Gasteiger partial charge in [-0.1, -0.05) is 12.1 Å². The van der Waals surface area contributed by atoms with Crippen molar-refractivity contribution in [1.82, 2.24) is 10.2 Å². The van der Waals surface area contributed by atoms with E-state index < -0.39 is 18.6 Å². The number of alkyl halides is 3. The Morgan fingerprint density at radius 1 is 1.16 bits per heavy atom. The van der Waals surface area contributed by atoms with Gasteiger partial charge >= 0.3 is 6.18 Å². The van der Waals surface area contributed by atoms with E-state index in [0.717, 1.165) is 9.35 Å². The Bertz CT molecular complexity index is 759. The highest BCUT2D eigenvalue weighted by atomic mass is 79.9. The number of rotatable bonds is 5. The minimum Gasteiger partial charge on any atom is -0.343 e. The number of carbonyl (C=O) groups is 2. The summed E-state index contributed by atoms with van der Waals surface area (Å²) in [6, 6.07) is 9.59. The molecule has 0 radical (unpaired) electrons. The van der Waals surface area contributed by atoms with Crippen LogP contribution in [0.4, 0.5) is 13.2 Å². The summed E-state index contributed by atoms with van der Waals surface area (Å²) in [5.41, 5.74) is 0.892. The average Bonchev–Trinajstić information content (AvgIpc) is 2.98. The number of thiophene rings is 1. The number of hydrogen-bond donors (Lipinski definition) is 1. The highest BCUT2D eigenvalue weighted by molar-refractivity contribution is 9.11. The van der Waals surface area contributed by atoms with Gasteiger partial charge in [-0.3, -0.25) is 9.59 Å². The monoisotopic (exact) mass is 434 g/mol. The highest BCUT2D eigenvalue weighted by Crippen LogP contribution is 2.23. The van der Waals surface area contributed by atoms with Crippen molar-refractivity contribution in [2.45, 2.75) is 12.7 Å². The summed E-state index contributed by atoms with van der Waals surface area (Å²) >= 11 is 4.63. The fourth-order valence-electron chi connectivity index (χ4n) is 2.01. The smallest absolute Gasteiger partial charge is 0.343 e. The fraction of sp³-hybridized carbons (Fsp3) is 0.250. The molecule has 0 unspecified atom stereocenters. The lowest BCUT2D eigenvalue weighted by molar-refractivity contribution is -0.123. The summed E-state index contributed by atoms with van der Waals surface area (Å²) in [4.78, 5) is 26.0. The van der Waals surface area contributed by atoms with E-state index in [4.69, 9.17) is 0 Å². The standard InChI is InChI=1S/C16H14BrF3N2O2S/c1-22(15(24)12-6-7-13(17)25-12)8-10-2-4-11(5-3-10)14(23)21-9-16(18,19)20/h2-7H,8-9H2,1H3,(H,21,23). The van der Waals surface area contributed by atoms with Crippen LogP contribution in [0.1, 0.15) is 25.6 Å². The molecule has 0 saturated heterocycles. The summed E-state index contributed by atoms with van der Waals surface area (Å²) in [6.07, 6.45) is -4.45. The van der Waals surface area contributed by atoms with Gasteiger partial charge in [0.15, 0.2) is 0 Å². The Morgan fingerprint density at radius 2 is 1.80 bits per heavy atom. The van der Waals surface area contributed by atoms with Crippen molar-refractivity contribution in [2.24, 2.45) is 0 Å². The van der Waals surface area contributed by atoms with Gasteiger partial charge in [0.2, 0.25) is 0 Å². The molecule has 0 aliphatic heterocycles. The zero-order valence-electron chi connectivity index (χ0n) is 13.1. The van der Waals surface area contributed by atoms with Crippen molar-refractivity contribution in [3.05, 3.63) is 56.2 Å². The van der Waals surface area contributed by atoms with Gasteiger partial charge in [-0.2, -0.15) is 13.2 Å². The average molecular weight is 435 g/mol.